The van der Waals surface area contributed by atoms with Crippen LogP contribution in [0.2, 0.25) is 0 Å². The maximum Gasteiger partial charge on any atom is 0.252 e. The summed E-state index contributed by atoms with van der Waals surface area (Å²) in [4.78, 5) is 17.6. The van der Waals surface area contributed by atoms with Crippen LogP contribution in [-0.4, -0.2) is 35.6 Å². The number of methoxy groups -OCH3 is 1. The lowest BCUT2D eigenvalue weighted by atomic mass is 9.72. The highest BCUT2D eigenvalue weighted by atomic mass is 16.5. The minimum atomic E-state index is -0.190. The minimum Gasteiger partial charge on any atom is -0.383 e. The Labute approximate surface area is 193 Å². The molecule has 33 heavy (non-hydrogen) atoms. The van der Waals surface area contributed by atoms with Crippen LogP contribution in [0.3, 0.4) is 0 Å². The lowest BCUT2D eigenvalue weighted by molar-refractivity contribution is 0.0936. The molecule has 2 aromatic carbocycles. The Hall–Kier alpha value is -3.48. The van der Waals surface area contributed by atoms with E-state index in [9.17, 15) is 4.79 Å². The molecule has 6 heteroatoms. The zero-order chi connectivity index (χ0) is 22.8. The number of amides is 1. The van der Waals surface area contributed by atoms with E-state index in [1.165, 1.54) is 12.0 Å². The first kappa shape index (κ1) is 21.4. The molecule has 1 amide bonds. The number of ether oxygens (including phenoxy) is 1. The Morgan fingerprint density at radius 2 is 1.82 bits per heavy atom. The van der Waals surface area contributed by atoms with Gasteiger partial charge in [-0.05, 0) is 37.0 Å². The second kappa shape index (κ2) is 8.81. The summed E-state index contributed by atoms with van der Waals surface area (Å²) in [5, 5.41) is 2.88. The average Bonchev–Trinajstić information content (AvgIpc) is 3.22. The highest BCUT2D eigenvalue weighted by Gasteiger charge is 2.34. The summed E-state index contributed by atoms with van der Waals surface area (Å²) < 4.78 is 7.03. The number of nitrogens with zero attached hydrogens (tertiary/aromatic N) is 2. The SMILES string of the molecule is COCCNC(=O)c1ccc2nc(-c3ccc(C4(N)CCC4)cc3)c(-c3ccccc3)n2c1. The quantitative estimate of drug-likeness (QED) is 0.418. The number of nitrogens with two attached hydrogens (primary N) is 1. The van der Waals surface area contributed by atoms with Crippen LogP contribution >= 0.6 is 0 Å². The molecule has 6 nitrogen and oxygen atoms in total. The van der Waals surface area contributed by atoms with Gasteiger partial charge in [-0.3, -0.25) is 9.20 Å². The van der Waals surface area contributed by atoms with Crippen molar-refractivity contribution in [2.45, 2.75) is 24.8 Å². The van der Waals surface area contributed by atoms with Crippen molar-refractivity contribution in [1.29, 1.82) is 0 Å². The standard InChI is InChI=1S/C27H28N4O2/c1-33-17-16-29-26(32)21-10-13-23-30-24(25(31(23)18-21)20-6-3-2-4-7-20)19-8-11-22(12-9-19)27(28)14-5-15-27/h2-4,6-13,18H,5,14-17,28H2,1H3,(H,29,32). The van der Waals surface area contributed by atoms with E-state index in [2.05, 4.69) is 41.7 Å². The number of pyridine rings is 1. The Morgan fingerprint density at radius 1 is 1.06 bits per heavy atom. The smallest absolute Gasteiger partial charge is 0.252 e. The van der Waals surface area contributed by atoms with E-state index in [1.54, 1.807) is 13.2 Å². The van der Waals surface area contributed by atoms with E-state index in [0.717, 1.165) is 41.0 Å². The van der Waals surface area contributed by atoms with Crippen molar-refractivity contribution in [3.63, 3.8) is 0 Å². The average molecular weight is 441 g/mol. The molecule has 4 aromatic rings. The Kier molecular flexibility index (Phi) is 5.70. The fourth-order valence-electron chi connectivity index (χ4n) is 4.43. The first-order chi connectivity index (χ1) is 16.1. The number of nitrogens with one attached hydrogen (secondary N) is 1. The van der Waals surface area contributed by atoms with Crippen LogP contribution in [0.25, 0.3) is 28.2 Å². The van der Waals surface area contributed by atoms with E-state index in [-0.39, 0.29) is 11.4 Å². The summed E-state index contributed by atoms with van der Waals surface area (Å²) >= 11 is 0. The number of benzene rings is 2. The zero-order valence-electron chi connectivity index (χ0n) is 18.8. The predicted octanol–water partition coefficient (Wildman–Crippen LogP) is 4.38. The molecule has 2 aromatic heterocycles. The van der Waals surface area contributed by atoms with Crippen LogP contribution in [0.1, 0.15) is 35.2 Å². The minimum absolute atomic E-state index is 0.138. The number of hydrogen-bond donors (Lipinski definition) is 2. The largest absolute Gasteiger partial charge is 0.383 e. The molecule has 168 valence electrons. The molecule has 0 saturated heterocycles. The predicted molar refractivity (Wildman–Crippen MR) is 130 cm³/mol. The molecule has 1 saturated carbocycles. The van der Waals surface area contributed by atoms with Crippen molar-refractivity contribution >= 4 is 11.6 Å². The molecular weight excluding hydrogens is 412 g/mol. The van der Waals surface area contributed by atoms with Crippen molar-refractivity contribution in [2.24, 2.45) is 5.73 Å². The lowest BCUT2D eigenvalue weighted by Gasteiger charge is -2.38. The van der Waals surface area contributed by atoms with E-state index in [4.69, 9.17) is 15.5 Å². The van der Waals surface area contributed by atoms with Gasteiger partial charge in [0.25, 0.3) is 5.91 Å². The number of carbonyl (C=O) groups is 1. The monoisotopic (exact) mass is 440 g/mol. The number of carbonyl (C=O) groups excluding carboxylic acids is 1. The number of hydrogen-bond acceptors (Lipinski definition) is 4. The van der Waals surface area contributed by atoms with Crippen LogP contribution in [0.5, 0.6) is 0 Å². The Balaban J connectivity index is 1.59. The van der Waals surface area contributed by atoms with Gasteiger partial charge in [0.05, 0.1) is 23.6 Å². The molecule has 5 rings (SSSR count). The van der Waals surface area contributed by atoms with Gasteiger partial charge in [-0.2, -0.15) is 0 Å². The van der Waals surface area contributed by atoms with Crippen molar-refractivity contribution in [3.8, 4) is 22.5 Å². The molecule has 0 atom stereocenters. The molecule has 0 unspecified atom stereocenters. The Bertz CT molecular complexity index is 1270. The summed E-state index contributed by atoms with van der Waals surface area (Å²) in [5.74, 6) is -0.138. The van der Waals surface area contributed by atoms with E-state index < -0.39 is 0 Å². The molecule has 0 radical (unpaired) electrons. The molecule has 2 heterocycles. The molecule has 1 fully saturated rings. The van der Waals surface area contributed by atoms with Crippen LogP contribution in [0, 0.1) is 0 Å². The molecule has 3 N–H and O–H groups in total. The summed E-state index contributed by atoms with van der Waals surface area (Å²) in [6, 6.07) is 22.3. The van der Waals surface area contributed by atoms with Crippen LogP contribution in [0.4, 0.5) is 0 Å². The molecule has 0 spiro atoms. The number of imidazole rings is 1. The first-order valence-electron chi connectivity index (χ1n) is 11.3. The van der Waals surface area contributed by atoms with E-state index in [0.29, 0.717) is 18.7 Å². The normalized spacial score (nSPS) is 14.7. The summed E-state index contributed by atoms with van der Waals surface area (Å²) in [6.45, 7) is 0.932. The second-order valence-corrected chi connectivity index (χ2v) is 8.66. The third-order valence-electron chi connectivity index (χ3n) is 6.50. The van der Waals surface area contributed by atoms with Gasteiger partial charge >= 0.3 is 0 Å². The van der Waals surface area contributed by atoms with Crippen LogP contribution < -0.4 is 11.1 Å². The molecule has 1 aliphatic carbocycles. The Morgan fingerprint density at radius 3 is 2.48 bits per heavy atom. The van der Waals surface area contributed by atoms with Gasteiger partial charge < -0.3 is 15.8 Å². The second-order valence-electron chi connectivity index (χ2n) is 8.66. The summed E-state index contributed by atoms with van der Waals surface area (Å²) in [7, 11) is 1.61. The molecule has 0 bridgehead atoms. The van der Waals surface area contributed by atoms with Crippen molar-refractivity contribution in [1.82, 2.24) is 14.7 Å². The topological polar surface area (TPSA) is 81.6 Å². The third kappa shape index (κ3) is 4.03. The highest BCUT2D eigenvalue weighted by Crippen LogP contribution is 2.40. The highest BCUT2D eigenvalue weighted by molar-refractivity contribution is 5.94. The van der Waals surface area contributed by atoms with Crippen LogP contribution in [-0.2, 0) is 10.3 Å². The summed E-state index contributed by atoms with van der Waals surface area (Å²) in [5.41, 5.74) is 12.8. The van der Waals surface area contributed by atoms with Gasteiger partial charge in [-0.25, -0.2) is 4.98 Å². The van der Waals surface area contributed by atoms with Crippen molar-refractivity contribution in [3.05, 3.63) is 84.1 Å². The molecule has 1 aliphatic rings. The van der Waals surface area contributed by atoms with E-state index in [1.807, 2.05) is 34.9 Å². The summed E-state index contributed by atoms with van der Waals surface area (Å²) in [6.07, 6.45) is 5.11. The number of aromatic nitrogens is 2. The van der Waals surface area contributed by atoms with Gasteiger partial charge in [0.2, 0.25) is 0 Å². The zero-order valence-corrected chi connectivity index (χ0v) is 18.8. The van der Waals surface area contributed by atoms with Crippen molar-refractivity contribution < 1.29 is 9.53 Å². The number of rotatable bonds is 7. The fraction of sp³-hybridized carbons (Fsp3) is 0.259. The maximum atomic E-state index is 12.6. The molecule has 0 aliphatic heterocycles. The number of fused-ring (bicyclic) bond motifs is 1. The van der Waals surface area contributed by atoms with Gasteiger partial charge in [-0.15, -0.1) is 0 Å². The molecular formula is C27H28N4O2. The van der Waals surface area contributed by atoms with Gasteiger partial charge in [-0.1, -0.05) is 54.6 Å². The van der Waals surface area contributed by atoms with Crippen LogP contribution in [0.15, 0.2) is 72.9 Å². The van der Waals surface area contributed by atoms with Gasteiger partial charge in [0, 0.05) is 36.5 Å². The first-order valence-corrected chi connectivity index (χ1v) is 11.3. The maximum absolute atomic E-state index is 12.6. The third-order valence-corrected chi connectivity index (χ3v) is 6.50. The van der Waals surface area contributed by atoms with Crippen molar-refractivity contribution in [2.75, 3.05) is 20.3 Å². The fourth-order valence-corrected chi connectivity index (χ4v) is 4.43. The van der Waals surface area contributed by atoms with Gasteiger partial charge in [0.15, 0.2) is 0 Å². The lowest BCUT2D eigenvalue weighted by Crippen LogP contribution is -2.43. The van der Waals surface area contributed by atoms with E-state index >= 15 is 0 Å². The van der Waals surface area contributed by atoms with Gasteiger partial charge in [0.1, 0.15) is 5.65 Å².